The summed E-state index contributed by atoms with van der Waals surface area (Å²) in [5, 5.41) is 7.12. The van der Waals surface area contributed by atoms with Gasteiger partial charge in [0, 0.05) is 17.6 Å². The first-order valence-corrected chi connectivity index (χ1v) is 9.86. The highest BCUT2D eigenvalue weighted by atomic mass is 19.4. The van der Waals surface area contributed by atoms with Crippen molar-refractivity contribution >= 4 is 28.3 Å². The molecule has 1 N–H and O–H groups in total. The van der Waals surface area contributed by atoms with Gasteiger partial charge in [-0.05, 0) is 36.2 Å². The molecular weight excluding hydrogens is 443 g/mol. The van der Waals surface area contributed by atoms with Gasteiger partial charge < -0.3 is 14.8 Å². The number of anilines is 1. The van der Waals surface area contributed by atoms with E-state index in [-0.39, 0.29) is 22.9 Å². The Morgan fingerprint density at radius 3 is 2.30 bits per heavy atom. The minimum absolute atomic E-state index is 0.0962. The Hall–Kier alpha value is -3.89. The van der Waals surface area contributed by atoms with Gasteiger partial charge in [0.15, 0.2) is 12.3 Å². The lowest BCUT2D eigenvalue weighted by atomic mass is 10.1. The Balaban J connectivity index is 1.70. The number of aromatic nitrogens is 2. The normalized spacial score (nSPS) is 11.5. The third kappa shape index (κ3) is 6.31. The molecule has 0 aliphatic rings. The number of carbonyl (C=O) groups excluding carboxylic acids is 2. The van der Waals surface area contributed by atoms with Crippen LogP contribution in [0.3, 0.4) is 0 Å². The Morgan fingerprint density at radius 1 is 1.06 bits per heavy atom. The van der Waals surface area contributed by atoms with Gasteiger partial charge in [0.05, 0.1) is 5.39 Å². The number of benzene rings is 2. The first kappa shape index (κ1) is 23.8. The third-order valence-corrected chi connectivity index (χ3v) is 4.31. The molecule has 3 rings (SSSR count). The largest absolute Gasteiger partial charge is 0.573 e. The summed E-state index contributed by atoms with van der Waals surface area (Å²) in [5.74, 6) is -1.96. The predicted octanol–water partition coefficient (Wildman–Crippen LogP) is 3.75. The lowest BCUT2D eigenvalue weighted by molar-refractivity contribution is -0.274. The van der Waals surface area contributed by atoms with E-state index in [1.54, 1.807) is 24.3 Å². The number of rotatable bonds is 7. The number of fused-ring (bicyclic) bond motifs is 1. The fourth-order valence-corrected chi connectivity index (χ4v) is 2.99. The van der Waals surface area contributed by atoms with E-state index < -0.39 is 30.6 Å². The monoisotopic (exact) mass is 463 g/mol. The molecule has 0 aliphatic carbocycles. The van der Waals surface area contributed by atoms with Gasteiger partial charge >= 0.3 is 12.3 Å². The molecule has 0 atom stereocenters. The molecule has 0 unspecified atom stereocenters. The molecule has 3 aromatic rings. The average Bonchev–Trinajstić information content (AvgIpc) is 2.74. The van der Waals surface area contributed by atoms with Gasteiger partial charge in [0.25, 0.3) is 11.5 Å². The van der Waals surface area contributed by atoms with Gasteiger partial charge in [0.2, 0.25) is 0 Å². The lowest BCUT2D eigenvalue weighted by Crippen LogP contribution is -2.29. The molecular formula is C22H20F3N3O5. The van der Waals surface area contributed by atoms with E-state index in [2.05, 4.69) is 15.2 Å². The molecule has 8 nitrogen and oxygen atoms in total. The van der Waals surface area contributed by atoms with Gasteiger partial charge in [-0.2, -0.15) is 5.10 Å². The molecule has 0 saturated carbocycles. The molecule has 174 valence electrons. The van der Waals surface area contributed by atoms with Crippen molar-refractivity contribution < 1.29 is 32.2 Å². The number of esters is 1. The summed E-state index contributed by atoms with van der Waals surface area (Å²) in [4.78, 5) is 37.4. The standard InChI is InChI=1S/C22H20F3N3O5/c1-13(2)11-28-20(30)17-6-4-3-5-16(17)19(27-28)21(31)32-12-18(29)26-14-7-9-15(10-8-14)33-22(23,24)25/h3-10,13H,11-12H2,1-2H3,(H,26,29). The minimum atomic E-state index is -4.82. The van der Waals surface area contributed by atoms with Crippen LogP contribution in [0.1, 0.15) is 24.3 Å². The van der Waals surface area contributed by atoms with E-state index >= 15 is 0 Å². The van der Waals surface area contributed by atoms with Crippen LogP contribution in [0, 0.1) is 5.92 Å². The van der Waals surface area contributed by atoms with Crippen LogP contribution in [0.25, 0.3) is 10.8 Å². The summed E-state index contributed by atoms with van der Waals surface area (Å²) >= 11 is 0. The smallest absolute Gasteiger partial charge is 0.451 e. The number of nitrogens with one attached hydrogen (secondary N) is 1. The zero-order valence-electron chi connectivity index (χ0n) is 17.7. The van der Waals surface area contributed by atoms with Crippen LogP contribution in [0.15, 0.2) is 53.3 Å². The second-order valence-corrected chi connectivity index (χ2v) is 7.47. The van der Waals surface area contributed by atoms with E-state index in [4.69, 9.17) is 4.74 Å². The van der Waals surface area contributed by atoms with Crippen LogP contribution >= 0.6 is 0 Å². The number of halogens is 3. The van der Waals surface area contributed by atoms with Crippen LogP contribution in [0.4, 0.5) is 18.9 Å². The average molecular weight is 463 g/mol. The second-order valence-electron chi connectivity index (χ2n) is 7.47. The topological polar surface area (TPSA) is 99.5 Å². The zero-order valence-corrected chi connectivity index (χ0v) is 17.7. The first-order valence-electron chi connectivity index (χ1n) is 9.86. The predicted molar refractivity (Wildman–Crippen MR) is 113 cm³/mol. The summed E-state index contributed by atoms with van der Waals surface area (Å²) < 4.78 is 46.6. The highest BCUT2D eigenvalue weighted by Crippen LogP contribution is 2.24. The summed E-state index contributed by atoms with van der Waals surface area (Å²) in [6.45, 7) is 3.41. The van der Waals surface area contributed by atoms with E-state index in [0.717, 1.165) is 12.1 Å². The maximum Gasteiger partial charge on any atom is 0.573 e. The Labute approximate surface area is 185 Å². The first-order chi connectivity index (χ1) is 15.5. The van der Waals surface area contributed by atoms with Crippen molar-refractivity contribution in [1.29, 1.82) is 0 Å². The minimum Gasteiger partial charge on any atom is -0.451 e. The number of alkyl halides is 3. The quantitative estimate of drug-likeness (QED) is 0.536. The lowest BCUT2D eigenvalue weighted by Gasteiger charge is -2.12. The van der Waals surface area contributed by atoms with E-state index in [1.807, 2.05) is 13.8 Å². The number of amides is 1. The van der Waals surface area contributed by atoms with Crippen molar-refractivity contribution in [2.75, 3.05) is 11.9 Å². The maximum atomic E-state index is 12.6. The fourth-order valence-electron chi connectivity index (χ4n) is 2.99. The van der Waals surface area contributed by atoms with Crippen LogP contribution in [0.5, 0.6) is 5.75 Å². The number of carbonyl (C=O) groups is 2. The number of nitrogens with zero attached hydrogens (tertiary/aromatic N) is 2. The maximum absolute atomic E-state index is 12.6. The molecule has 0 fully saturated rings. The van der Waals surface area contributed by atoms with E-state index in [1.165, 1.54) is 16.8 Å². The van der Waals surface area contributed by atoms with Crippen molar-refractivity contribution in [3.63, 3.8) is 0 Å². The molecule has 0 bridgehead atoms. The van der Waals surface area contributed by atoms with Crippen molar-refractivity contribution in [2.24, 2.45) is 5.92 Å². The Bertz CT molecular complexity index is 1220. The molecule has 11 heteroatoms. The SMILES string of the molecule is CC(C)Cn1nc(C(=O)OCC(=O)Nc2ccc(OC(F)(F)F)cc2)c2ccccc2c1=O. The Kier molecular flexibility index (Phi) is 7.00. The van der Waals surface area contributed by atoms with E-state index in [0.29, 0.717) is 17.3 Å². The fraction of sp³-hybridized carbons (Fsp3) is 0.273. The molecule has 1 aromatic heterocycles. The number of hydrogen-bond donors (Lipinski definition) is 1. The molecule has 1 amide bonds. The molecule has 2 aromatic carbocycles. The molecule has 33 heavy (non-hydrogen) atoms. The van der Waals surface area contributed by atoms with Crippen molar-refractivity contribution in [3.8, 4) is 5.75 Å². The number of ether oxygens (including phenoxy) is 2. The molecule has 1 heterocycles. The van der Waals surface area contributed by atoms with Gasteiger partial charge in [-0.25, -0.2) is 9.48 Å². The molecule has 0 radical (unpaired) electrons. The van der Waals surface area contributed by atoms with Gasteiger partial charge in [-0.15, -0.1) is 13.2 Å². The summed E-state index contributed by atoms with van der Waals surface area (Å²) in [6, 6.07) is 10.9. The zero-order chi connectivity index (χ0) is 24.2. The van der Waals surface area contributed by atoms with Crippen LogP contribution < -0.4 is 15.6 Å². The van der Waals surface area contributed by atoms with Gasteiger partial charge in [-0.1, -0.05) is 32.0 Å². The third-order valence-electron chi connectivity index (χ3n) is 4.31. The van der Waals surface area contributed by atoms with E-state index in [9.17, 15) is 27.6 Å². The highest BCUT2D eigenvalue weighted by molar-refractivity contribution is 6.03. The highest BCUT2D eigenvalue weighted by Gasteiger charge is 2.31. The van der Waals surface area contributed by atoms with Crippen LogP contribution in [0.2, 0.25) is 0 Å². The summed E-state index contributed by atoms with van der Waals surface area (Å²) in [6.07, 6.45) is -4.82. The number of hydrogen-bond acceptors (Lipinski definition) is 6. The Morgan fingerprint density at radius 2 is 1.70 bits per heavy atom. The van der Waals surface area contributed by atoms with Crippen molar-refractivity contribution in [2.45, 2.75) is 26.8 Å². The summed E-state index contributed by atoms with van der Waals surface area (Å²) in [5.41, 5.74) is -0.265. The molecule has 0 aliphatic heterocycles. The van der Waals surface area contributed by atoms with Gasteiger partial charge in [-0.3, -0.25) is 9.59 Å². The molecule has 0 saturated heterocycles. The van der Waals surface area contributed by atoms with Crippen LogP contribution in [-0.2, 0) is 16.1 Å². The second kappa shape index (κ2) is 9.72. The molecule has 0 spiro atoms. The van der Waals surface area contributed by atoms with Gasteiger partial charge in [0.1, 0.15) is 5.75 Å². The summed E-state index contributed by atoms with van der Waals surface area (Å²) in [7, 11) is 0. The van der Waals surface area contributed by atoms with Crippen LogP contribution in [-0.4, -0.2) is 34.6 Å². The van der Waals surface area contributed by atoms with Crippen molar-refractivity contribution in [3.05, 3.63) is 64.6 Å². The van der Waals surface area contributed by atoms with Crippen molar-refractivity contribution in [1.82, 2.24) is 9.78 Å².